The Labute approximate surface area is 128 Å². The molecule has 7 nitrogen and oxygen atoms in total. The molecular weight excluding hydrogens is 286 g/mol. The lowest BCUT2D eigenvalue weighted by Crippen LogP contribution is -2.38. The predicted octanol–water partition coefficient (Wildman–Crippen LogP) is 1.04. The zero-order valence-corrected chi connectivity index (χ0v) is 13.7. The highest BCUT2D eigenvalue weighted by Gasteiger charge is 2.10. The van der Waals surface area contributed by atoms with Crippen molar-refractivity contribution in [1.82, 2.24) is 30.0 Å². The van der Waals surface area contributed by atoms with Crippen LogP contribution in [0.2, 0.25) is 0 Å². The second-order valence-electron chi connectivity index (χ2n) is 4.63. The molecule has 0 bridgehead atoms. The van der Waals surface area contributed by atoms with Crippen molar-refractivity contribution in [3.8, 4) is 0 Å². The SMILES string of the molecule is CCc1cnc(CNC(=NC)N(C)Cc2ncnn2C)s1. The standard InChI is InChI=1S/C13H21N7S/c1-5-10-6-15-12(21-10)7-16-13(14-2)19(3)8-11-17-9-18-20(11)4/h6,9H,5,7-8H2,1-4H3,(H,14,16). The van der Waals surface area contributed by atoms with E-state index in [-0.39, 0.29) is 0 Å². The normalized spacial score (nSPS) is 11.7. The minimum atomic E-state index is 0.647. The van der Waals surface area contributed by atoms with Gasteiger partial charge in [-0.25, -0.2) is 9.97 Å². The van der Waals surface area contributed by atoms with Crippen LogP contribution in [0.15, 0.2) is 17.5 Å². The van der Waals surface area contributed by atoms with E-state index in [1.807, 2.05) is 25.2 Å². The van der Waals surface area contributed by atoms with Gasteiger partial charge in [0.25, 0.3) is 0 Å². The van der Waals surface area contributed by atoms with Crippen LogP contribution in [0.25, 0.3) is 0 Å². The number of thiazole rings is 1. The first-order valence-corrected chi connectivity index (χ1v) is 7.64. The Hall–Kier alpha value is -1.96. The topological polar surface area (TPSA) is 71.2 Å². The van der Waals surface area contributed by atoms with E-state index in [1.165, 1.54) is 4.88 Å². The van der Waals surface area contributed by atoms with Gasteiger partial charge in [0.1, 0.15) is 17.2 Å². The van der Waals surface area contributed by atoms with Gasteiger partial charge in [0.2, 0.25) is 0 Å². The fourth-order valence-corrected chi connectivity index (χ4v) is 2.69. The number of hydrogen-bond donors (Lipinski definition) is 1. The number of aromatic nitrogens is 4. The fourth-order valence-electron chi connectivity index (χ4n) is 1.88. The van der Waals surface area contributed by atoms with Crippen molar-refractivity contribution in [2.45, 2.75) is 26.4 Å². The third kappa shape index (κ3) is 4.01. The molecule has 114 valence electrons. The van der Waals surface area contributed by atoms with Gasteiger partial charge >= 0.3 is 0 Å². The number of hydrogen-bond acceptors (Lipinski definition) is 5. The Kier molecular flexibility index (Phi) is 5.26. The molecule has 0 aliphatic rings. The molecule has 0 saturated carbocycles. The second-order valence-corrected chi connectivity index (χ2v) is 5.83. The van der Waals surface area contributed by atoms with Crippen LogP contribution in [0.1, 0.15) is 22.6 Å². The molecule has 0 amide bonds. The van der Waals surface area contributed by atoms with E-state index in [9.17, 15) is 0 Å². The molecular formula is C13H21N7S. The maximum absolute atomic E-state index is 4.40. The van der Waals surface area contributed by atoms with Crippen LogP contribution < -0.4 is 5.32 Å². The van der Waals surface area contributed by atoms with E-state index >= 15 is 0 Å². The first-order valence-electron chi connectivity index (χ1n) is 6.82. The van der Waals surface area contributed by atoms with Crippen molar-refractivity contribution < 1.29 is 0 Å². The molecule has 0 unspecified atom stereocenters. The Morgan fingerprint density at radius 3 is 2.86 bits per heavy atom. The highest BCUT2D eigenvalue weighted by molar-refractivity contribution is 7.11. The van der Waals surface area contributed by atoms with Crippen molar-refractivity contribution in [2.75, 3.05) is 14.1 Å². The molecule has 0 saturated heterocycles. The molecule has 1 N–H and O–H groups in total. The maximum Gasteiger partial charge on any atom is 0.194 e. The summed E-state index contributed by atoms with van der Waals surface area (Å²) in [6.45, 7) is 3.47. The molecule has 0 spiro atoms. The van der Waals surface area contributed by atoms with Gasteiger partial charge in [-0.1, -0.05) is 6.92 Å². The van der Waals surface area contributed by atoms with Crippen LogP contribution in [0, 0.1) is 0 Å². The van der Waals surface area contributed by atoms with Crippen LogP contribution in [-0.2, 0) is 26.6 Å². The van der Waals surface area contributed by atoms with Crippen LogP contribution in [0.5, 0.6) is 0 Å². The number of guanidine groups is 1. The summed E-state index contributed by atoms with van der Waals surface area (Å²) in [6, 6.07) is 0. The molecule has 21 heavy (non-hydrogen) atoms. The number of nitrogens with zero attached hydrogens (tertiary/aromatic N) is 6. The molecule has 2 rings (SSSR count). The molecule has 0 aliphatic carbocycles. The van der Waals surface area contributed by atoms with Gasteiger partial charge in [0.15, 0.2) is 5.96 Å². The largest absolute Gasteiger partial charge is 0.350 e. The van der Waals surface area contributed by atoms with Crippen molar-refractivity contribution in [3.63, 3.8) is 0 Å². The highest BCUT2D eigenvalue weighted by atomic mass is 32.1. The lowest BCUT2D eigenvalue weighted by atomic mass is 10.4. The molecule has 2 aromatic rings. The van der Waals surface area contributed by atoms with Gasteiger partial charge in [-0.3, -0.25) is 9.67 Å². The van der Waals surface area contributed by atoms with Crippen LogP contribution in [0.4, 0.5) is 0 Å². The zero-order chi connectivity index (χ0) is 15.2. The smallest absolute Gasteiger partial charge is 0.194 e. The minimum Gasteiger partial charge on any atom is -0.350 e. The van der Waals surface area contributed by atoms with Crippen LogP contribution >= 0.6 is 11.3 Å². The molecule has 2 heterocycles. The molecule has 0 aliphatic heterocycles. The quantitative estimate of drug-likeness (QED) is 0.660. The van der Waals surface area contributed by atoms with E-state index in [0.29, 0.717) is 13.1 Å². The van der Waals surface area contributed by atoms with Crippen molar-refractivity contribution in [1.29, 1.82) is 0 Å². The zero-order valence-electron chi connectivity index (χ0n) is 12.9. The van der Waals surface area contributed by atoms with E-state index in [4.69, 9.17) is 0 Å². The summed E-state index contributed by atoms with van der Waals surface area (Å²) in [5.41, 5.74) is 0. The number of aliphatic imine (C=N–C) groups is 1. The van der Waals surface area contributed by atoms with Gasteiger partial charge in [-0.05, 0) is 6.42 Å². The predicted molar refractivity (Wildman–Crippen MR) is 84.2 cm³/mol. The Balaban J connectivity index is 1.92. The first kappa shape index (κ1) is 15.4. The molecule has 0 aromatic carbocycles. The minimum absolute atomic E-state index is 0.647. The summed E-state index contributed by atoms with van der Waals surface area (Å²) in [5.74, 6) is 1.70. The Morgan fingerprint density at radius 2 is 2.29 bits per heavy atom. The second kappa shape index (κ2) is 7.16. The van der Waals surface area contributed by atoms with Gasteiger partial charge < -0.3 is 10.2 Å². The Morgan fingerprint density at radius 1 is 1.48 bits per heavy atom. The van der Waals surface area contributed by atoms with Crippen molar-refractivity contribution >= 4 is 17.3 Å². The fraction of sp³-hybridized carbons (Fsp3) is 0.538. The van der Waals surface area contributed by atoms with E-state index in [1.54, 1.807) is 29.4 Å². The number of nitrogens with one attached hydrogen (secondary N) is 1. The average Bonchev–Trinajstić information content (AvgIpc) is 3.09. The lowest BCUT2D eigenvalue weighted by Gasteiger charge is -2.21. The van der Waals surface area contributed by atoms with Gasteiger partial charge in [0.05, 0.1) is 13.1 Å². The molecule has 0 fully saturated rings. The van der Waals surface area contributed by atoms with Gasteiger partial charge in [-0.15, -0.1) is 11.3 Å². The summed E-state index contributed by atoms with van der Waals surface area (Å²) in [4.78, 5) is 16.2. The lowest BCUT2D eigenvalue weighted by molar-refractivity contribution is 0.448. The van der Waals surface area contributed by atoms with Crippen molar-refractivity contribution in [2.24, 2.45) is 12.0 Å². The number of aryl methyl sites for hydroxylation is 2. The number of rotatable bonds is 5. The molecule has 2 aromatic heterocycles. The average molecular weight is 307 g/mol. The highest BCUT2D eigenvalue weighted by Crippen LogP contribution is 2.12. The molecule has 8 heteroatoms. The van der Waals surface area contributed by atoms with E-state index in [2.05, 4.69) is 32.3 Å². The summed E-state index contributed by atoms with van der Waals surface area (Å²) in [6.07, 6.45) is 4.52. The maximum atomic E-state index is 4.40. The van der Waals surface area contributed by atoms with Gasteiger partial charge in [0, 0.05) is 32.2 Å². The van der Waals surface area contributed by atoms with Crippen LogP contribution in [-0.4, -0.2) is 44.7 Å². The summed E-state index contributed by atoms with van der Waals surface area (Å²) in [5, 5.41) is 8.46. The van der Waals surface area contributed by atoms with Gasteiger partial charge in [-0.2, -0.15) is 5.10 Å². The monoisotopic (exact) mass is 307 g/mol. The first-order chi connectivity index (χ1) is 10.1. The third-order valence-electron chi connectivity index (χ3n) is 3.10. The summed E-state index contributed by atoms with van der Waals surface area (Å²) < 4.78 is 1.76. The van der Waals surface area contributed by atoms with E-state index < -0.39 is 0 Å². The summed E-state index contributed by atoms with van der Waals surface area (Å²) >= 11 is 1.73. The third-order valence-corrected chi connectivity index (χ3v) is 4.25. The van der Waals surface area contributed by atoms with Crippen LogP contribution in [0.3, 0.4) is 0 Å². The summed E-state index contributed by atoms with van der Waals surface area (Å²) in [7, 11) is 5.63. The van der Waals surface area contributed by atoms with Crippen molar-refractivity contribution in [3.05, 3.63) is 28.2 Å². The molecule has 0 radical (unpaired) electrons. The molecule has 0 atom stereocenters. The Bertz CT molecular complexity index is 601. The van der Waals surface area contributed by atoms with E-state index in [0.717, 1.165) is 23.2 Å².